The summed E-state index contributed by atoms with van der Waals surface area (Å²) in [6.07, 6.45) is 0. The van der Waals surface area contributed by atoms with Crippen LogP contribution in [0.4, 0.5) is 0 Å². The lowest BCUT2D eigenvalue weighted by Gasteiger charge is -2.14. The van der Waals surface area contributed by atoms with Crippen molar-refractivity contribution in [2.24, 2.45) is 5.14 Å². The Hall–Kier alpha value is -1.21. The van der Waals surface area contributed by atoms with E-state index in [4.69, 9.17) is 5.14 Å². The number of rotatable bonds is 5. The van der Waals surface area contributed by atoms with E-state index in [1.807, 2.05) is 12.1 Å². The number of nitrogens with two attached hydrogens (primary N) is 1. The molecule has 0 saturated carbocycles. The average molecular weight is 369 g/mol. The Bertz CT molecular complexity index is 697. The normalized spacial score (nSPS) is 13.1. The number of nitrogens with one attached hydrogen (secondary N) is 1. The van der Waals surface area contributed by atoms with E-state index >= 15 is 0 Å². The number of halogens is 1. The summed E-state index contributed by atoms with van der Waals surface area (Å²) in [6, 6.07) is 14.9. The molecule has 2 rings (SSSR count). The lowest BCUT2D eigenvalue weighted by molar-refractivity contribution is 0.574. The first-order valence-corrected chi connectivity index (χ1v) is 8.81. The SMILES string of the molecule is CC(NCc1ccc(S(N)(=O)=O)cc1)c1ccc(Br)cc1. The second kappa shape index (κ2) is 6.70. The first-order valence-electron chi connectivity index (χ1n) is 6.47. The van der Waals surface area contributed by atoms with Crippen LogP contribution in [0.3, 0.4) is 0 Å². The van der Waals surface area contributed by atoms with Crippen LogP contribution in [-0.4, -0.2) is 8.42 Å². The molecule has 2 aromatic rings. The molecule has 0 aliphatic rings. The van der Waals surface area contributed by atoms with Crippen molar-refractivity contribution in [1.82, 2.24) is 5.32 Å². The number of sulfonamides is 1. The van der Waals surface area contributed by atoms with Gasteiger partial charge >= 0.3 is 0 Å². The van der Waals surface area contributed by atoms with Gasteiger partial charge in [0.2, 0.25) is 10.0 Å². The molecule has 21 heavy (non-hydrogen) atoms. The zero-order valence-corrected chi connectivity index (χ0v) is 14.0. The van der Waals surface area contributed by atoms with E-state index in [9.17, 15) is 8.42 Å². The Kier molecular flexibility index (Phi) is 5.16. The monoisotopic (exact) mass is 368 g/mol. The van der Waals surface area contributed by atoms with Gasteiger partial charge in [0.1, 0.15) is 0 Å². The molecule has 0 radical (unpaired) electrons. The second-order valence-corrected chi connectivity index (χ2v) is 7.32. The maximum atomic E-state index is 11.2. The quantitative estimate of drug-likeness (QED) is 0.851. The van der Waals surface area contributed by atoms with Crippen LogP contribution in [0, 0.1) is 0 Å². The molecule has 0 fully saturated rings. The van der Waals surface area contributed by atoms with Gasteiger partial charge in [0.15, 0.2) is 0 Å². The van der Waals surface area contributed by atoms with Gasteiger partial charge in [-0.25, -0.2) is 13.6 Å². The standard InChI is InChI=1S/C15H17BrN2O2S/c1-11(13-4-6-14(16)7-5-13)18-10-12-2-8-15(9-3-12)21(17,19)20/h2-9,11,18H,10H2,1H3,(H2,17,19,20). The summed E-state index contributed by atoms with van der Waals surface area (Å²) in [5.74, 6) is 0. The third-order valence-corrected chi connectivity index (χ3v) is 4.69. The van der Waals surface area contributed by atoms with Crippen molar-refractivity contribution in [1.29, 1.82) is 0 Å². The molecule has 0 aliphatic heterocycles. The Morgan fingerprint density at radius 1 is 1.10 bits per heavy atom. The molecule has 1 unspecified atom stereocenters. The third kappa shape index (κ3) is 4.64. The summed E-state index contributed by atoms with van der Waals surface area (Å²) in [7, 11) is -3.62. The predicted octanol–water partition coefficient (Wildman–Crippen LogP) is 2.95. The van der Waals surface area contributed by atoms with Gasteiger partial charge in [0, 0.05) is 17.1 Å². The minimum Gasteiger partial charge on any atom is -0.306 e. The molecule has 0 heterocycles. The molecule has 4 nitrogen and oxygen atoms in total. The molecule has 1 atom stereocenters. The third-order valence-electron chi connectivity index (χ3n) is 3.23. The van der Waals surface area contributed by atoms with Crippen LogP contribution in [0.1, 0.15) is 24.1 Å². The van der Waals surface area contributed by atoms with Crippen LogP contribution < -0.4 is 10.5 Å². The Labute approximate surface area is 133 Å². The Morgan fingerprint density at radius 3 is 2.19 bits per heavy atom. The molecule has 2 aromatic carbocycles. The van der Waals surface area contributed by atoms with Gasteiger partial charge in [-0.05, 0) is 42.3 Å². The molecule has 0 amide bonds. The maximum absolute atomic E-state index is 11.2. The summed E-state index contributed by atoms with van der Waals surface area (Å²) >= 11 is 3.41. The highest BCUT2D eigenvalue weighted by atomic mass is 79.9. The molecular formula is C15H17BrN2O2S. The minimum absolute atomic E-state index is 0.132. The number of hydrogen-bond acceptors (Lipinski definition) is 3. The molecule has 0 bridgehead atoms. The van der Waals surface area contributed by atoms with Gasteiger partial charge in [0.05, 0.1) is 4.90 Å². The molecule has 0 aliphatic carbocycles. The summed E-state index contributed by atoms with van der Waals surface area (Å²) in [5, 5.41) is 8.47. The molecule has 112 valence electrons. The fourth-order valence-corrected chi connectivity index (χ4v) is 2.72. The lowest BCUT2D eigenvalue weighted by atomic mass is 10.1. The van der Waals surface area contributed by atoms with Crippen LogP contribution in [0.5, 0.6) is 0 Å². The number of benzene rings is 2. The highest BCUT2D eigenvalue weighted by Crippen LogP contribution is 2.17. The van der Waals surface area contributed by atoms with E-state index in [1.54, 1.807) is 12.1 Å². The van der Waals surface area contributed by atoms with Crippen molar-refractivity contribution in [3.05, 3.63) is 64.1 Å². The van der Waals surface area contributed by atoms with Crippen molar-refractivity contribution >= 4 is 26.0 Å². The minimum atomic E-state index is -3.62. The number of hydrogen-bond donors (Lipinski definition) is 2. The smallest absolute Gasteiger partial charge is 0.238 e. The van der Waals surface area contributed by atoms with Crippen molar-refractivity contribution < 1.29 is 8.42 Å². The highest BCUT2D eigenvalue weighted by Gasteiger charge is 2.08. The maximum Gasteiger partial charge on any atom is 0.238 e. The van der Waals surface area contributed by atoms with E-state index in [1.165, 1.54) is 17.7 Å². The summed E-state index contributed by atoms with van der Waals surface area (Å²) < 4.78 is 23.4. The Balaban J connectivity index is 1.98. The first kappa shape index (κ1) is 16.2. The molecule has 0 saturated heterocycles. The van der Waals surface area contributed by atoms with E-state index < -0.39 is 10.0 Å². The van der Waals surface area contributed by atoms with Crippen molar-refractivity contribution in [3.63, 3.8) is 0 Å². The largest absolute Gasteiger partial charge is 0.306 e. The highest BCUT2D eigenvalue weighted by molar-refractivity contribution is 9.10. The first-order chi connectivity index (χ1) is 9.86. The van der Waals surface area contributed by atoms with E-state index in [0.717, 1.165) is 10.0 Å². The van der Waals surface area contributed by atoms with Crippen LogP contribution in [0.25, 0.3) is 0 Å². The van der Waals surface area contributed by atoms with Crippen LogP contribution >= 0.6 is 15.9 Å². The van der Waals surface area contributed by atoms with Crippen LogP contribution in [0.15, 0.2) is 57.9 Å². The average Bonchev–Trinajstić information content (AvgIpc) is 2.45. The zero-order chi connectivity index (χ0) is 15.5. The van der Waals surface area contributed by atoms with Crippen LogP contribution in [0.2, 0.25) is 0 Å². The zero-order valence-electron chi connectivity index (χ0n) is 11.6. The van der Waals surface area contributed by atoms with Crippen molar-refractivity contribution in [2.45, 2.75) is 24.4 Å². The molecule has 0 aromatic heterocycles. The molecule has 6 heteroatoms. The van der Waals surface area contributed by atoms with Gasteiger partial charge in [0.25, 0.3) is 0 Å². The topological polar surface area (TPSA) is 72.2 Å². The van der Waals surface area contributed by atoms with Gasteiger partial charge in [-0.3, -0.25) is 0 Å². The lowest BCUT2D eigenvalue weighted by Crippen LogP contribution is -2.18. The van der Waals surface area contributed by atoms with E-state index in [2.05, 4.69) is 40.3 Å². The van der Waals surface area contributed by atoms with Crippen LogP contribution in [-0.2, 0) is 16.6 Å². The summed E-state index contributed by atoms with van der Waals surface area (Å²) in [4.78, 5) is 0.132. The molecule has 3 N–H and O–H groups in total. The van der Waals surface area contributed by atoms with Gasteiger partial charge < -0.3 is 5.32 Å². The molecule has 0 spiro atoms. The summed E-state index contributed by atoms with van der Waals surface area (Å²) in [6.45, 7) is 2.74. The molecular weight excluding hydrogens is 352 g/mol. The van der Waals surface area contributed by atoms with Gasteiger partial charge in [-0.1, -0.05) is 40.2 Å². The van der Waals surface area contributed by atoms with Gasteiger partial charge in [-0.2, -0.15) is 0 Å². The van der Waals surface area contributed by atoms with Crippen molar-refractivity contribution in [3.8, 4) is 0 Å². The Morgan fingerprint density at radius 2 is 1.67 bits per heavy atom. The van der Waals surface area contributed by atoms with E-state index in [-0.39, 0.29) is 10.9 Å². The summed E-state index contributed by atoms with van der Waals surface area (Å²) in [5.41, 5.74) is 2.20. The number of primary sulfonamides is 1. The fourth-order valence-electron chi connectivity index (χ4n) is 1.94. The van der Waals surface area contributed by atoms with Crippen molar-refractivity contribution in [2.75, 3.05) is 0 Å². The predicted molar refractivity (Wildman–Crippen MR) is 87.2 cm³/mol. The van der Waals surface area contributed by atoms with E-state index in [0.29, 0.717) is 6.54 Å². The fraction of sp³-hybridized carbons (Fsp3) is 0.200. The van der Waals surface area contributed by atoms with Gasteiger partial charge in [-0.15, -0.1) is 0 Å². The second-order valence-electron chi connectivity index (χ2n) is 4.84.